The van der Waals surface area contributed by atoms with Crippen molar-refractivity contribution in [3.8, 4) is 0 Å². The van der Waals surface area contributed by atoms with Crippen LogP contribution in [-0.4, -0.2) is 31.0 Å². The van der Waals surface area contributed by atoms with Gasteiger partial charge in [0.25, 0.3) is 0 Å². The first kappa shape index (κ1) is 15.2. The van der Waals surface area contributed by atoms with Crippen LogP contribution in [0.3, 0.4) is 0 Å². The number of H-pyrrole nitrogens is 1. The Morgan fingerprint density at radius 1 is 1.33 bits per heavy atom. The number of carboxylic acid groups (broad SMARTS) is 1. The number of rotatable bonds is 6. The third-order valence-electron chi connectivity index (χ3n) is 2.79. The lowest BCUT2D eigenvalue weighted by atomic mass is 10.1. The molecule has 8 heteroatoms. The fraction of sp³-hybridized carbons (Fsp3) is 0.154. The molecule has 0 aliphatic rings. The van der Waals surface area contributed by atoms with E-state index in [9.17, 15) is 17.6 Å². The molecule has 1 heterocycles. The molecule has 1 aromatic carbocycles. The van der Waals surface area contributed by atoms with E-state index in [4.69, 9.17) is 5.11 Å². The van der Waals surface area contributed by atoms with Crippen LogP contribution in [0.4, 0.5) is 4.39 Å². The Hall–Kier alpha value is -2.19. The van der Waals surface area contributed by atoms with Crippen molar-refractivity contribution >= 4 is 16.0 Å². The molecule has 0 fully saturated rings. The van der Waals surface area contributed by atoms with Gasteiger partial charge in [-0.15, -0.1) is 0 Å². The van der Waals surface area contributed by atoms with Gasteiger partial charge in [0.05, 0.1) is 0 Å². The van der Waals surface area contributed by atoms with Gasteiger partial charge >= 0.3 is 5.97 Å². The van der Waals surface area contributed by atoms with E-state index in [1.54, 1.807) is 12.1 Å². The monoisotopic (exact) mass is 312 g/mol. The molecule has 2 aromatic rings. The standard InChI is InChI=1S/C13H13FN2O4S/c14-10-3-1-2-9(6-10)4-5-16-21(19,20)11-7-12(13(17)18)15-8-11/h1-3,6-8,15-16H,4-5H2,(H,17,18). The van der Waals surface area contributed by atoms with Crippen LogP contribution in [0.2, 0.25) is 0 Å². The van der Waals surface area contributed by atoms with Crippen molar-refractivity contribution < 1.29 is 22.7 Å². The number of nitrogens with one attached hydrogen (secondary N) is 2. The lowest BCUT2D eigenvalue weighted by Crippen LogP contribution is -2.25. The third kappa shape index (κ3) is 3.89. The average Bonchev–Trinajstić information content (AvgIpc) is 2.89. The smallest absolute Gasteiger partial charge is 0.352 e. The van der Waals surface area contributed by atoms with Crippen molar-refractivity contribution in [2.75, 3.05) is 6.54 Å². The van der Waals surface area contributed by atoms with Crippen molar-refractivity contribution in [1.82, 2.24) is 9.71 Å². The van der Waals surface area contributed by atoms with E-state index in [2.05, 4.69) is 9.71 Å². The largest absolute Gasteiger partial charge is 0.477 e. The summed E-state index contributed by atoms with van der Waals surface area (Å²) in [4.78, 5) is 12.9. The van der Waals surface area contributed by atoms with Gasteiger partial charge in [-0.1, -0.05) is 12.1 Å². The van der Waals surface area contributed by atoms with Gasteiger partial charge in [0, 0.05) is 12.7 Å². The Labute approximate surface area is 120 Å². The molecule has 1 aromatic heterocycles. The minimum Gasteiger partial charge on any atom is -0.477 e. The first-order valence-corrected chi connectivity index (χ1v) is 7.52. The summed E-state index contributed by atoms with van der Waals surface area (Å²) >= 11 is 0. The van der Waals surface area contributed by atoms with E-state index in [1.807, 2.05) is 0 Å². The number of hydrogen-bond donors (Lipinski definition) is 3. The number of carboxylic acids is 1. The highest BCUT2D eigenvalue weighted by Crippen LogP contribution is 2.11. The minimum absolute atomic E-state index is 0.0827. The predicted octanol–water partition coefficient (Wildman–Crippen LogP) is 1.37. The molecule has 0 saturated carbocycles. The lowest BCUT2D eigenvalue weighted by molar-refractivity contribution is 0.0691. The van der Waals surface area contributed by atoms with Gasteiger partial charge in [-0.2, -0.15) is 0 Å². The van der Waals surface area contributed by atoms with E-state index < -0.39 is 16.0 Å². The molecule has 0 spiro atoms. The van der Waals surface area contributed by atoms with Crippen LogP contribution in [0.5, 0.6) is 0 Å². The van der Waals surface area contributed by atoms with Crippen molar-refractivity contribution in [1.29, 1.82) is 0 Å². The molecular weight excluding hydrogens is 299 g/mol. The summed E-state index contributed by atoms with van der Waals surface area (Å²) in [6.07, 6.45) is 1.43. The maximum atomic E-state index is 13.0. The summed E-state index contributed by atoms with van der Waals surface area (Å²) in [5.41, 5.74) is 0.457. The van der Waals surface area contributed by atoms with Crippen LogP contribution >= 0.6 is 0 Å². The molecule has 0 radical (unpaired) electrons. The van der Waals surface area contributed by atoms with E-state index in [-0.39, 0.29) is 23.0 Å². The second kappa shape index (κ2) is 6.06. The fourth-order valence-corrected chi connectivity index (χ4v) is 2.78. The van der Waals surface area contributed by atoms with Crippen LogP contribution in [0.25, 0.3) is 0 Å². The zero-order valence-corrected chi connectivity index (χ0v) is 11.7. The topological polar surface area (TPSA) is 99.3 Å². The van der Waals surface area contributed by atoms with Crippen LogP contribution < -0.4 is 4.72 Å². The third-order valence-corrected chi connectivity index (χ3v) is 4.23. The quantitative estimate of drug-likeness (QED) is 0.750. The number of carbonyl (C=O) groups is 1. The number of hydrogen-bond acceptors (Lipinski definition) is 3. The van der Waals surface area contributed by atoms with Crippen LogP contribution in [-0.2, 0) is 16.4 Å². The Kier molecular flexibility index (Phi) is 4.39. The molecule has 0 unspecified atom stereocenters. The van der Waals surface area contributed by atoms with Crippen molar-refractivity contribution in [3.05, 3.63) is 53.6 Å². The molecule has 0 bridgehead atoms. The minimum atomic E-state index is -3.79. The van der Waals surface area contributed by atoms with E-state index in [0.717, 1.165) is 12.3 Å². The molecule has 0 aliphatic heterocycles. The first-order chi connectivity index (χ1) is 9.88. The molecule has 0 aliphatic carbocycles. The van der Waals surface area contributed by atoms with Gasteiger partial charge in [-0.05, 0) is 30.2 Å². The molecule has 112 valence electrons. The van der Waals surface area contributed by atoms with Crippen molar-refractivity contribution in [3.63, 3.8) is 0 Å². The second-order valence-electron chi connectivity index (χ2n) is 4.33. The van der Waals surface area contributed by atoms with E-state index in [1.165, 1.54) is 12.1 Å². The molecule has 0 amide bonds. The summed E-state index contributed by atoms with van der Waals surface area (Å²) in [7, 11) is -3.79. The Balaban J connectivity index is 1.99. The number of halogens is 1. The molecule has 3 N–H and O–H groups in total. The second-order valence-corrected chi connectivity index (χ2v) is 6.10. The number of aromatic amines is 1. The molecular formula is C13H13FN2O4S. The molecule has 2 rings (SSSR count). The van der Waals surface area contributed by atoms with Crippen LogP contribution in [0.15, 0.2) is 41.4 Å². The highest BCUT2D eigenvalue weighted by Gasteiger charge is 2.17. The Morgan fingerprint density at radius 2 is 2.10 bits per heavy atom. The summed E-state index contributed by atoms with van der Waals surface area (Å²) < 4.78 is 39.2. The van der Waals surface area contributed by atoms with E-state index in [0.29, 0.717) is 12.0 Å². The van der Waals surface area contributed by atoms with Gasteiger partial charge in [-0.25, -0.2) is 22.3 Å². The maximum Gasteiger partial charge on any atom is 0.352 e. The lowest BCUT2D eigenvalue weighted by Gasteiger charge is -2.05. The first-order valence-electron chi connectivity index (χ1n) is 6.04. The number of aromatic carboxylic acids is 1. The highest BCUT2D eigenvalue weighted by atomic mass is 32.2. The normalized spacial score (nSPS) is 11.5. The van der Waals surface area contributed by atoms with Crippen LogP contribution in [0.1, 0.15) is 16.1 Å². The maximum absolute atomic E-state index is 13.0. The molecule has 0 atom stereocenters. The SMILES string of the molecule is O=C(O)c1cc(S(=O)(=O)NCCc2cccc(F)c2)c[nH]1. The molecule has 21 heavy (non-hydrogen) atoms. The van der Waals surface area contributed by atoms with Gasteiger partial charge < -0.3 is 10.1 Å². The Bertz CT molecular complexity index is 755. The molecule has 6 nitrogen and oxygen atoms in total. The summed E-state index contributed by atoms with van der Waals surface area (Å²) in [5.74, 6) is -1.62. The number of benzene rings is 1. The summed E-state index contributed by atoms with van der Waals surface area (Å²) in [6, 6.07) is 6.90. The predicted molar refractivity (Wildman–Crippen MR) is 73.0 cm³/mol. The average molecular weight is 312 g/mol. The zero-order chi connectivity index (χ0) is 15.5. The fourth-order valence-electron chi connectivity index (χ4n) is 1.76. The van der Waals surface area contributed by atoms with Gasteiger partial charge in [0.15, 0.2) is 0 Å². The van der Waals surface area contributed by atoms with Gasteiger partial charge in [0.2, 0.25) is 10.0 Å². The number of aromatic nitrogens is 1. The van der Waals surface area contributed by atoms with Crippen LogP contribution in [0, 0.1) is 5.82 Å². The van der Waals surface area contributed by atoms with E-state index >= 15 is 0 Å². The highest BCUT2D eigenvalue weighted by molar-refractivity contribution is 7.89. The molecule has 0 saturated heterocycles. The number of sulfonamides is 1. The summed E-state index contributed by atoms with van der Waals surface area (Å²) in [6.45, 7) is 0.0827. The van der Waals surface area contributed by atoms with Gasteiger partial charge in [0.1, 0.15) is 16.4 Å². The Morgan fingerprint density at radius 3 is 2.71 bits per heavy atom. The zero-order valence-electron chi connectivity index (χ0n) is 10.8. The summed E-state index contributed by atoms with van der Waals surface area (Å²) in [5, 5.41) is 8.73. The van der Waals surface area contributed by atoms with Crippen molar-refractivity contribution in [2.24, 2.45) is 0 Å². The van der Waals surface area contributed by atoms with Crippen molar-refractivity contribution in [2.45, 2.75) is 11.3 Å². The van der Waals surface area contributed by atoms with Gasteiger partial charge in [-0.3, -0.25) is 0 Å².